The second-order valence-electron chi connectivity index (χ2n) is 6.20. The Morgan fingerprint density at radius 2 is 0.952 bits per heavy atom. The molecule has 4 N–H and O–H groups in total. The Morgan fingerprint density at radius 3 is 1.29 bits per heavy atom. The van der Waals surface area contributed by atoms with Gasteiger partial charge >= 0.3 is 0 Å². The highest BCUT2D eigenvalue weighted by molar-refractivity contribution is 5.60. The highest BCUT2D eigenvalue weighted by Gasteiger charge is 2.14. The Morgan fingerprint density at radius 1 is 0.619 bits per heavy atom. The molecular formula is C19H26N2. The minimum absolute atomic E-state index is 0.885. The van der Waals surface area contributed by atoms with Gasteiger partial charge in [0, 0.05) is 11.4 Å². The lowest BCUT2D eigenvalue weighted by Gasteiger charge is -2.19. The Kier molecular flexibility index (Phi) is 3.99. The molecule has 0 saturated heterocycles. The van der Waals surface area contributed by atoms with Gasteiger partial charge in [0.05, 0.1) is 0 Å². The summed E-state index contributed by atoms with van der Waals surface area (Å²) in [5, 5.41) is 0. The van der Waals surface area contributed by atoms with Crippen molar-refractivity contribution in [2.24, 2.45) is 0 Å². The molecule has 0 unspecified atom stereocenters. The highest BCUT2D eigenvalue weighted by Crippen LogP contribution is 2.30. The van der Waals surface area contributed by atoms with Gasteiger partial charge in [0.15, 0.2) is 0 Å². The Labute approximate surface area is 128 Å². The van der Waals surface area contributed by atoms with Crippen LogP contribution < -0.4 is 11.5 Å². The minimum Gasteiger partial charge on any atom is -0.398 e. The topological polar surface area (TPSA) is 52.0 Å². The summed E-state index contributed by atoms with van der Waals surface area (Å²) in [6.07, 6.45) is 0.942. The van der Waals surface area contributed by atoms with Crippen LogP contribution in [-0.2, 0) is 6.42 Å². The number of rotatable bonds is 2. The molecule has 0 radical (unpaired) electrons. The average Bonchev–Trinajstić information content (AvgIpc) is 2.42. The fourth-order valence-electron chi connectivity index (χ4n) is 3.06. The summed E-state index contributed by atoms with van der Waals surface area (Å²) in [5.41, 5.74) is 24.2. The van der Waals surface area contributed by atoms with Crippen LogP contribution in [0.25, 0.3) is 0 Å². The first-order valence-electron chi connectivity index (χ1n) is 7.44. The molecule has 0 amide bonds. The van der Waals surface area contributed by atoms with Gasteiger partial charge in [0.2, 0.25) is 0 Å². The number of nitrogens with two attached hydrogens (primary N) is 2. The van der Waals surface area contributed by atoms with Crippen molar-refractivity contribution in [3.8, 4) is 0 Å². The number of hydrogen-bond acceptors (Lipinski definition) is 2. The van der Waals surface area contributed by atoms with E-state index < -0.39 is 0 Å². The Bertz CT molecular complexity index is 651. The van der Waals surface area contributed by atoms with E-state index in [1.807, 2.05) is 0 Å². The molecule has 2 rings (SSSR count). The molecule has 0 aliphatic heterocycles. The van der Waals surface area contributed by atoms with Crippen molar-refractivity contribution in [2.45, 2.75) is 48.0 Å². The first kappa shape index (κ1) is 15.4. The van der Waals surface area contributed by atoms with Crippen LogP contribution in [0.15, 0.2) is 12.1 Å². The van der Waals surface area contributed by atoms with Crippen LogP contribution in [0.1, 0.15) is 44.5 Å². The van der Waals surface area contributed by atoms with Crippen molar-refractivity contribution >= 4 is 11.4 Å². The van der Waals surface area contributed by atoms with Crippen molar-refractivity contribution in [3.05, 3.63) is 56.6 Å². The van der Waals surface area contributed by atoms with Crippen LogP contribution in [0.2, 0.25) is 0 Å². The second kappa shape index (κ2) is 5.44. The monoisotopic (exact) mass is 282 g/mol. The summed E-state index contributed by atoms with van der Waals surface area (Å²) >= 11 is 0. The van der Waals surface area contributed by atoms with Gasteiger partial charge in [0.1, 0.15) is 0 Å². The first-order chi connectivity index (χ1) is 9.73. The van der Waals surface area contributed by atoms with E-state index in [1.54, 1.807) is 0 Å². The van der Waals surface area contributed by atoms with Crippen molar-refractivity contribution in [3.63, 3.8) is 0 Å². The van der Waals surface area contributed by atoms with Crippen LogP contribution in [-0.4, -0.2) is 0 Å². The lowest BCUT2D eigenvalue weighted by Crippen LogP contribution is -2.06. The normalized spacial score (nSPS) is 11.0. The Balaban J connectivity index is 2.59. The fraction of sp³-hybridized carbons (Fsp3) is 0.368. The van der Waals surface area contributed by atoms with Gasteiger partial charge in [-0.25, -0.2) is 0 Å². The van der Waals surface area contributed by atoms with Crippen molar-refractivity contribution in [2.75, 3.05) is 11.5 Å². The highest BCUT2D eigenvalue weighted by atomic mass is 14.6. The van der Waals surface area contributed by atoms with Gasteiger partial charge in [0.25, 0.3) is 0 Å². The van der Waals surface area contributed by atoms with E-state index >= 15 is 0 Å². The molecule has 0 aromatic heterocycles. The van der Waals surface area contributed by atoms with Gasteiger partial charge in [-0.05, 0) is 105 Å². The van der Waals surface area contributed by atoms with Gasteiger partial charge in [-0.3, -0.25) is 0 Å². The lowest BCUT2D eigenvalue weighted by molar-refractivity contribution is 1.06. The van der Waals surface area contributed by atoms with E-state index in [2.05, 4.69) is 53.7 Å². The van der Waals surface area contributed by atoms with Gasteiger partial charge < -0.3 is 11.5 Å². The van der Waals surface area contributed by atoms with Crippen LogP contribution >= 0.6 is 0 Å². The van der Waals surface area contributed by atoms with E-state index in [4.69, 9.17) is 11.5 Å². The second-order valence-corrected chi connectivity index (χ2v) is 6.20. The van der Waals surface area contributed by atoms with E-state index in [1.165, 1.54) is 44.5 Å². The molecule has 112 valence electrons. The molecular weight excluding hydrogens is 256 g/mol. The molecule has 21 heavy (non-hydrogen) atoms. The van der Waals surface area contributed by atoms with E-state index in [0.29, 0.717) is 0 Å². The van der Waals surface area contributed by atoms with Crippen LogP contribution in [0.5, 0.6) is 0 Å². The molecule has 0 spiro atoms. The predicted octanol–water partition coefficient (Wildman–Crippen LogP) is 4.29. The molecule has 2 aromatic carbocycles. The van der Waals surface area contributed by atoms with Crippen LogP contribution in [0.4, 0.5) is 11.4 Å². The SMILES string of the molecule is Cc1cc(N)c(C)c(C)c1Cc1c(C)cc(N)c(C)c1C. The molecule has 2 aromatic rings. The van der Waals surface area contributed by atoms with Crippen LogP contribution in [0, 0.1) is 41.5 Å². The number of nitrogen functional groups attached to an aromatic ring is 2. The molecule has 0 fully saturated rings. The van der Waals surface area contributed by atoms with E-state index in [-0.39, 0.29) is 0 Å². The summed E-state index contributed by atoms with van der Waals surface area (Å²) in [7, 11) is 0. The summed E-state index contributed by atoms with van der Waals surface area (Å²) in [5.74, 6) is 0. The lowest BCUT2D eigenvalue weighted by atomic mass is 9.87. The predicted molar refractivity (Wildman–Crippen MR) is 92.9 cm³/mol. The third kappa shape index (κ3) is 2.63. The maximum Gasteiger partial charge on any atom is 0.0349 e. The third-order valence-corrected chi connectivity index (χ3v) is 4.95. The van der Waals surface area contributed by atoms with Crippen molar-refractivity contribution < 1.29 is 0 Å². The zero-order chi connectivity index (χ0) is 15.9. The maximum atomic E-state index is 6.07. The van der Waals surface area contributed by atoms with Gasteiger partial charge in [-0.2, -0.15) is 0 Å². The van der Waals surface area contributed by atoms with Crippen molar-refractivity contribution in [1.29, 1.82) is 0 Å². The molecule has 2 nitrogen and oxygen atoms in total. The van der Waals surface area contributed by atoms with E-state index in [0.717, 1.165) is 17.8 Å². The van der Waals surface area contributed by atoms with Gasteiger partial charge in [-0.15, -0.1) is 0 Å². The smallest absolute Gasteiger partial charge is 0.0349 e. The molecule has 0 aliphatic carbocycles. The molecule has 0 aliphatic rings. The standard InChI is InChI=1S/C19H26N2/c1-10-7-18(20)14(5)12(3)16(10)9-17-11(2)8-19(21)15(6)13(17)4/h7-8H,9,20-21H2,1-6H3. The largest absolute Gasteiger partial charge is 0.398 e. The fourth-order valence-corrected chi connectivity index (χ4v) is 3.06. The molecule has 0 saturated carbocycles. The molecule has 0 bridgehead atoms. The average molecular weight is 282 g/mol. The summed E-state index contributed by atoms with van der Waals surface area (Å²) < 4.78 is 0. The number of aryl methyl sites for hydroxylation is 2. The summed E-state index contributed by atoms with van der Waals surface area (Å²) in [4.78, 5) is 0. The van der Waals surface area contributed by atoms with E-state index in [9.17, 15) is 0 Å². The zero-order valence-corrected chi connectivity index (χ0v) is 14.0. The summed E-state index contributed by atoms with van der Waals surface area (Å²) in [6, 6.07) is 4.18. The minimum atomic E-state index is 0.885. The Hall–Kier alpha value is -1.96. The quantitative estimate of drug-likeness (QED) is 0.807. The molecule has 2 heteroatoms. The third-order valence-electron chi connectivity index (χ3n) is 4.95. The first-order valence-corrected chi connectivity index (χ1v) is 7.44. The maximum absolute atomic E-state index is 6.07. The van der Waals surface area contributed by atoms with Gasteiger partial charge in [-0.1, -0.05) is 0 Å². The number of benzene rings is 2. The molecule has 0 heterocycles. The zero-order valence-electron chi connectivity index (χ0n) is 14.0. The number of hydrogen-bond donors (Lipinski definition) is 2. The number of anilines is 2. The molecule has 0 atom stereocenters. The summed E-state index contributed by atoms with van der Waals surface area (Å²) in [6.45, 7) is 12.8. The van der Waals surface area contributed by atoms with Crippen LogP contribution in [0.3, 0.4) is 0 Å². The van der Waals surface area contributed by atoms with Crippen molar-refractivity contribution in [1.82, 2.24) is 0 Å².